The lowest BCUT2D eigenvalue weighted by Gasteiger charge is -2.32. The molecule has 3 rings (SSSR count). The highest BCUT2D eigenvalue weighted by Crippen LogP contribution is 2.26. The maximum Gasteiger partial charge on any atom is 0.493 e. The van der Waals surface area contributed by atoms with Crippen LogP contribution >= 0.6 is 11.6 Å². The first kappa shape index (κ1) is 29.1. The Labute approximate surface area is 222 Å². The average molecular weight is 557 g/mol. The van der Waals surface area contributed by atoms with Gasteiger partial charge >= 0.3 is 12.1 Å². The number of carbonyl (C=O) groups excluding carboxylic acids is 2. The third-order valence-corrected chi connectivity index (χ3v) is 5.97. The predicted molar refractivity (Wildman–Crippen MR) is 132 cm³/mol. The van der Waals surface area contributed by atoms with Crippen LogP contribution in [0.15, 0.2) is 48.5 Å². The van der Waals surface area contributed by atoms with Crippen LogP contribution in [0.3, 0.4) is 0 Å². The van der Waals surface area contributed by atoms with Crippen molar-refractivity contribution >= 4 is 29.4 Å². The summed E-state index contributed by atoms with van der Waals surface area (Å²) in [6.07, 6.45) is -2.37. The zero-order chi connectivity index (χ0) is 27.7. The average Bonchev–Trinajstić information content (AvgIpc) is 2.87. The van der Waals surface area contributed by atoms with Gasteiger partial charge in [0.15, 0.2) is 0 Å². The van der Waals surface area contributed by atoms with E-state index in [-0.39, 0.29) is 30.8 Å². The van der Waals surface area contributed by atoms with E-state index in [1.807, 2.05) is 18.2 Å². The van der Waals surface area contributed by atoms with Crippen LogP contribution in [0.4, 0.5) is 13.2 Å². The Balaban J connectivity index is 1.46. The second kappa shape index (κ2) is 13.3. The summed E-state index contributed by atoms with van der Waals surface area (Å²) in [4.78, 5) is 34.4. The molecular weight excluding hydrogens is 529 g/mol. The monoisotopic (exact) mass is 556 g/mol. The van der Waals surface area contributed by atoms with Crippen LogP contribution in [-0.4, -0.2) is 60.4 Å². The number of carbonyl (C=O) groups is 2. The smallest absolute Gasteiger partial charge is 0.493 e. The first-order valence-electron chi connectivity index (χ1n) is 11.9. The number of piperidine rings is 1. The number of hydrogen-bond donors (Lipinski definition) is 2. The standard InChI is InChI=1S/C25H28ClF3N4O5/c26-20-14-19(22(34)32-9-7-18(8-10-32)13-17-5-2-1-3-6-17)15-21(16-20)36-11-4-12-37-33(24(30)31)38-23(35)25(27,28)29/h1-3,5-6,14-16,18H,4,7-13H2,(H3,30,31). The van der Waals surface area contributed by atoms with Crippen LogP contribution in [0.2, 0.25) is 5.02 Å². The number of amides is 1. The van der Waals surface area contributed by atoms with Gasteiger partial charge in [-0.1, -0.05) is 41.9 Å². The maximum atomic E-state index is 13.1. The number of nitrogens with two attached hydrogens (primary N) is 1. The van der Waals surface area contributed by atoms with Crippen molar-refractivity contribution in [2.75, 3.05) is 26.3 Å². The first-order valence-corrected chi connectivity index (χ1v) is 12.2. The van der Waals surface area contributed by atoms with Gasteiger partial charge in [-0.2, -0.15) is 13.2 Å². The topological polar surface area (TPSA) is 118 Å². The molecule has 0 atom stereocenters. The van der Waals surface area contributed by atoms with E-state index in [2.05, 4.69) is 17.0 Å². The van der Waals surface area contributed by atoms with Gasteiger partial charge in [0.25, 0.3) is 11.9 Å². The molecule has 1 aliphatic heterocycles. The zero-order valence-corrected chi connectivity index (χ0v) is 21.1. The lowest BCUT2D eigenvalue weighted by atomic mass is 9.90. The van der Waals surface area contributed by atoms with Gasteiger partial charge in [0, 0.05) is 30.1 Å². The van der Waals surface area contributed by atoms with Gasteiger partial charge < -0.3 is 20.2 Å². The molecule has 0 bridgehead atoms. The molecule has 1 fully saturated rings. The number of ether oxygens (including phenoxy) is 1. The Bertz CT molecular complexity index is 1110. The summed E-state index contributed by atoms with van der Waals surface area (Å²) >= 11 is 6.19. The molecule has 3 N–H and O–H groups in total. The fourth-order valence-corrected chi connectivity index (χ4v) is 4.13. The number of benzene rings is 2. The number of halogens is 4. The highest BCUT2D eigenvalue weighted by Gasteiger charge is 2.43. The molecule has 0 radical (unpaired) electrons. The number of likely N-dealkylation sites (tertiary alicyclic amines) is 1. The molecule has 206 valence electrons. The molecule has 0 aromatic heterocycles. The van der Waals surface area contributed by atoms with Crippen molar-refractivity contribution in [2.45, 2.75) is 31.9 Å². The summed E-state index contributed by atoms with van der Waals surface area (Å²) in [5.41, 5.74) is 6.73. The Morgan fingerprint density at radius 3 is 2.42 bits per heavy atom. The summed E-state index contributed by atoms with van der Waals surface area (Å²) in [6, 6.07) is 14.9. The van der Waals surface area contributed by atoms with Crippen molar-refractivity contribution in [3.05, 3.63) is 64.7 Å². The van der Waals surface area contributed by atoms with Crippen molar-refractivity contribution < 1.29 is 37.2 Å². The molecule has 0 saturated carbocycles. The predicted octanol–water partition coefficient (Wildman–Crippen LogP) is 4.35. The number of hydrogen-bond acceptors (Lipinski definition) is 6. The minimum Gasteiger partial charge on any atom is -0.493 e. The van der Waals surface area contributed by atoms with Gasteiger partial charge in [0.2, 0.25) is 0 Å². The van der Waals surface area contributed by atoms with Crippen LogP contribution in [0.5, 0.6) is 5.75 Å². The van der Waals surface area contributed by atoms with Crippen molar-refractivity contribution in [3.8, 4) is 5.75 Å². The number of hydroxylamine groups is 2. The summed E-state index contributed by atoms with van der Waals surface area (Å²) < 4.78 is 42.5. The Kier molecular flexibility index (Phi) is 10.2. The van der Waals surface area contributed by atoms with Gasteiger partial charge in [-0.25, -0.2) is 9.63 Å². The number of rotatable bonds is 9. The Morgan fingerprint density at radius 2 is 1.79 bits per heavy atom. The quantitative estimate of drug-likeness (QED) is 0.204. The van der Waals surface area contributed by atoms with Gasteiger partial charge in [-0.05, 0) is 54.2 Å². The number of nitrogens with zero attached hydrogens (tertiary/aromatic N) is 2. The summed E-state index contributed by atoms with van der Waals surface area (Å²) in [5, 5.41) is 7.33. The number of nitrogens with one attached hydrogen (secondary N) is 1. The van der Waals surface area contributed by atoms with Crippen molar-refractivity contribution in [2.24, 2.45) is 11.7 Å². The highest BCUT2D eigenvalue weighted by molar-refractivity contribution is 6.31. The van der Waals surface area contributed by atoms with Gasteiger partial charge in [0.1, 0.15) is 5.75 Å². The van der Waals surface area contributed by atoms with Gasteiger partial charge in [-0.3, -0.25) is 10.2 Å². The second-order valence-electron chi connectivity index (χ2n) is 8.65. The van der Waals surface area contributed by atoms with E-state index in [0.717, 1.165) is 19.3 Å². The lowest BCUT2D eigenvalue weighted by molar-refractivity contribution is -0.317. The molecule has 0 unspecified atom stereocenters. The molecule has 2 aromatic carbocycles. The van der Waals surface area contributed by atoms with Crippen LogP contribution in [0.1, 0.15) is 35.2 Å². The molecule has 13 heteroatoms. The highest BCUT2D eigenvalue weighted by atomic mass is 35.5. The summed E-state index contributed by atoms with van der Waals surface area (Å²) in [6.45, 7) is 1.02. The molecule has 0 spiro atoms. The molecule has 0 aliphatic carbocycles. The minimum atomic E-state index is -5.28. The molecule has 1 saturated heterocycles. The zero-order valence-electron chi connectivity index (χ0n) is 20.4. The van der Waals surface area contributed by atoms with Crippen molar-refractivity contribution in [3.63, 3.8) is 0 Å². The van der Waals surface area contributed by atoms with E-state index < -0.39 is 18.1 Å². The summed E-state index contributed by atoms with van der Waals surface area (Å²) in [7, 11) is 0. The van der Waals surface area contributed by atoms with Crippen LogP contribution in [0.25, 0.3) is 0 Å². The van der Waals surface area contributed by atoms with Crippen molar-refractivity contribution in [1.29, 1.82) is 5.41 Å². The van der Waals surface area contributed by atoms with Crippen LogP contribution in [-0.2, 0) is 20.9 Å². The van der Waals surface area contributed by atoms with Gasteiger partial charge in [0.05, 0.1) is 13.2 Å². The third kappa shape index (κ3) is 8.80. The molecule has 1 aliphatic rings. The normalized spacial score (nSPS) is 14.2. The first-order chi connectivity index (χ1) is 18.0. The molecule has 38 heavy (non-hydrogen) atoms. The fourth-order valence-electron chi connectivity index (χ4n) is 3.91. The summed E-state index contributed by atoms with van der Waals surface area (Å²) in [5.74, 6) is -2.95. The Morgan fingerprint density at radius 1 is 1.11 bits per heavy atom. The molecular formula is C25H28ClF3N4O5. The third-order valence-electron chi connectivity index (χ3n) is 5.75. The number of guanidine groups is 1. The Hall–Kier alpha value is -3.51. The molecule has 1 heterocycles. The van der Waals surface area contributed by atoms with Gasteiger partial charge in [-0.15, -0.1) is 0 Å². The molecule has 2 aromatic rings. The number of alkyl halides is 3. The van der Waals surface area contributed by atoms with Crippen LogP contribution in [0, 0.1) is 11.3 Å². The molecule has 9 nitrogen and oxygen atoms in total. The van der Waals surface area contributed by atoms with E-state index in [1.54, 1.807) is 17.0 Å². The fraction of sp³-hybridized carbons (Fsp3) is 0.400. The van der Waals surface area contributed by atoms with E-state index in [9.17, 15) is 22.8 Å². The van der Waals surface area contributed by atoms with Crippen LogP contribution < -0.4 is 10.5 Å². The van der Waals surface area contributed by atoms with E-state index >= 15 is 0 Å². The minimum absolute atomic E-state index is 0.0256. The lowest BCUT2D eigenvalue weighted by Crippen LogP contribution is -2.42. The largest absolute Gasteiger partial charge is 0.493 e. The molecule has 1 amide bonds. The van der Waals surface area contributed by atoms with E-state index in [4.69, 9.17) is 32.3 Å². The van der Waals surface area contributed by atoms with E-state index in [1.165, 1.54) is 11.6 Å². The maximum absolute atomic E-state index is 13.1. The SMILES string of the molecule is N=C(N)N(OCCCOc1cc(Cl)cc(C(=O)N2CCC(Cc3ccccc3)CC2)c1)OC(=O)C(F)(F)F. The second-order valence-corrected chi connectivity index (χ2v) is 9.09. The van der Waals surface area contributed by atoms with Crippen molar-refractivity contribution in [1.82, 2.24) is 10.1 Å². The van der Waals surface area contributed by atoms with E-state index in [0.29, 0.717) is 35.3 Å².